The van der Waals surface area contributed by atoms with Crippen LogP contribution in [0.1, 0.15) is 31.0 Å². The second kappa shape index (κ2) is 7.04. The summed E-state index contributed by atoms with van der Waals surface area (Å²) in [6.45, 7) is 3.96. The number of nitrogens with two attached hydrogens (primary N) is 1. The number of ether oxygens (including phenoxy) is 2. The van der Waals surface area contributed by atoms with Crippen LogP contribution in [0.5, 0.6) is 11.6 Å². The third-order valence-corrected chi connectivity index (χ3v) is 3.00. The van der Waals surface area contributed by atoms with Crippen LogP contribution in [0.4, 0.5) is 0 Å². The van der Waals surface area contributed by atoms with E-state index >= 15 is 0 Å². The highest BCUT2D eigenvalue weighted by molar-refractivity contribution is 5.28. The summed E-state index contributed by atoms with van der Waals surface area (Å²) in [5.74, 6) is 1.34. The van der Waals surface area contributed by atoms with Crippen molar-refractivity contribution in [1.82, 2.24) is 9.97 Å². The normalized spacial score (nSPS) is 12.2. The van der Waals surface area contributed by atoms with Crippen molar-refractivity contribution in [2.24, 2.45) is 5.73 Å². The molecule has 0 spiro atoms. The van der Waals surface area contributed by atoms with Gasteiger partial charge >= 0.3 is 0 Å². The van der Waals surface area contributed by atoms with E-state index in [0.29, 0.717) is 12.3 Å². The molecule has 1 unspecified atom stereocenters. The highest BCUT2D eigenvalue weighted by atomic mass is 16.5. The second-order valence-electron chi connectivity index (χ2n) is 5.14. The average Bonchev–Trinajstić information content (AvgIpc) is 2.47. The lowest BCUT2D eigenvalue weighted by Crippen LogP contribution is -2.14. The predicted molar refractivity (Wildman–Crippen MR) is 81.4 cm³/mol. The SMILES string of the molecule is COc1ccc(CC(N)c2cncc(OC(C)C)c2)cn1. The largest absolute Gasteiger partial charge is 0.489 e. The van der Waals surface area contributed by atoms with Crippen molar-refractivity contribution in [3.63, 3.8) is 0 Å². The molecule has 0 aromatic carbocycles. The topological polar surface area (TPSA) is 70.3 Å². The lowest BCUT2D eigenvalue weighted by atomic mass is 10.0. The van der Waals surface area contributed by atoms with E-state index in [4.69, 9.17) is 15.2 Å². The second-order valence-corrected chi connectivity index (χ2v) is 5.14. The maximum Gasteiger partial charge on any atom is 0.212 e. The molecule has 0 saturated heterocycles. The zero-order valence-corrected chi connectivity index (χ0v) is 12.6. The highest BCUT2D eigenvalue weighted by Gasteiger charge is 2.10. The molecule has 2 aromatic heterocycles. The van der Waals surface area contributed by atoms with Gasteiger partial charge in [0.25, 0.3) is 0 Å². The molecule has 0 aliphatic rings. The first kappa shape index (κ1) is 15.3. The molecule has 0 amide bonds. The molecule has 0 radical (unpaired) electrons. The number of aromatic nitrogens is 2. The summed E-state index contributed by atoms with van der Waals surface area (Å²) in [7, 11) is 1.60. The van der Waals surface area contributed by atoms with Crippen molar-refractivity contribution >= 4 is 0 Å². The smallest absolute Gasteiger partial charge is 0.212 e. The quantitative estimate of drug-likeness (QED) is 0.884. The summed E-state index contributed by atoms with van der Waals surface area (Å²) in [6.07, 6.45) is 6.05. The lowest BCUT2D eigenvalue weighted by molar-refractivity contribution is 0.241. The van der Waals surface area contributed by atoms with Crippen molar-refractivity contribution in [1.29, 1.82) is 0 Å². The fraction of sp³-hybridized carbons (Fsp3) is 0.375. The van der Waals surface area contributed by atoms with Gasteiger partial charge in [0, 0.05) is 24.5 Å². The van der Waals surface area contributed by atoms with E-state index in [1.807, 2.05) is 32.0 Å². The van der Waals surface area contributed by atoms with E-state index in [1.54, 1.807) is 25.7 Å². The number of methoxy groups -OCH3 is 1. The van der Waals surface area contributed by atoms with Gasteiger partial charge in [-0.2, -0.15) is 0 Å². The number of hydrogen-bond donors (Lipinski definition) is 1. The first-order valence-electron chi connectivity index (χ1n) is 6.94. The summed E-state index contributed by atoms with van der Waals surface area (Å²) >= 11 is 0. The van der Waals surface area contributed by atoms with Gasteiger partial charge < -0.3 is 15.2 Å². The van der Waals surface area contributed by atoms with Gasteiger partial charge in [-0.25, -0.2) is 4.98 Å². The molecule has 0 fully saturated rings. The van der Waals surface area contributed by atoms with Gasteiger partial charge in [-0.05, 0) is 37.5 Å². The Morgan fingerprint density at radius 2 is 2.00 bits per heavy atom. The molecular weight excluding hydrogens is 266 g/mol. The Balaban J connectivity index is 2.06. The monoisotopic (exact) mass is 287 g/mol. The number of rotatable bonds is 6. The minimum absolute atomic E-state index is 0.115. The molecule has 1 atom stereocenters. The molecule has 21 heavy (non-hydrogen) atoms. The average molecular weight is 287 g/mol. The molecular formula is C16H21N3O2. The molecule has 0 saturated carbocycles. The Hall–Kier alpha value is -2.14. The Labute approximate surface area is 125 Å². The van der Waals surface area contributed by atoms with Crippen LogP contribution in [0, 0.1) is 0 Å². The van der Waals surface area contributed by atoms with Gasteiger partial charge in [0.15, 0.2) is 0 Å². The Morgan fingerprint density at radius 3 is 2.62 bits per heavy atom. The molecule has 2 aromatic rings. The van der Waals surface area contributed by atoms with Crippen LogP contribution < -0.4 is 15.2 Å². The van der Waals surface area contributed by atoms with Crippen molar-refractivity contribution in [2.45, 2.75) is 32.4 Å². The third-order valence-electron chi connectivity index (χ3n) is 3.00. The summed E-state index contributed by atoms with van der Waals surface area (Å²) in [5.41, 5.74) is 8.24. The van der Waals surface area contributed by atoms with Gasteiger partial charge in [-0.15, -0.1) is 0 Å². The first-order valence-corrected chi connectivity index (χ1v) is 6.94. The van der Waals surface area contributed by atoms with E-state index in [9.17, 15) is 0 Å². The van der Waals surface area contributed by atoms with Crippen LogP contribution in [0.2, 0.25) is 0 Å². The summed E-state index contributed by atoms with van der Waals surface area (Å²) in [5, 5.41) is 0. The van der Waals surface area contributed by atoms with Crippen LogP contribution in [0.15, 0.2) is 36.8 Å². The van der Waals surface area contributed by atoms with E-state index < -0.39 is 0 Å². The third kappa shape index (κ3) is 4.43. The highest BCUT2D eigenvalue weighted by Crippen LogP contribution is 2.20. The molecule has 2 rings (SSSR count). The Morgan fingerprint density at radius 1 is 1.19 bits per heavy atom. The molecule has 0 aliphatic carbocycles. The van der Waals surface area contributed by atoms with E-state index in [-0.39, 0.29) is 12.1 Å². The maximum absolute atomic E-state index is 6.24. The Bertz CT molecular complexity index is 570. The van der Waals surface area contributed by atoms with Crippen molar-refractivity contribution in [3.8, 4) is 11.6 Å². The van der Waals surface area contributed by atoms with Crippen molar-refractivity contribution < 1.29 is 9.47 Å². The summed E-state index contributed by atoms with van der Waals surface area (Å²) in [4.78, 5) is 8.37. The number of nitrogens with zero attached hydrogens (tertiary/aromatic N) is 2. The minimum Gasteiger partial charge on any atom is -0.489 e. The number of pyridine rings is 2. The zero-order valence-electron chi connectivity index (χ0n) is 12.6. The zero-order chi connectivity index (χ0) is 15.2. The van der Waals surface area contributed by atoms with Crippen LogP contribution >= 0.6 is 0 Å². The van der Waals surface area contributed by atoms with Gasteiger partial charge in [-0.3, -0.25) is 4.98 Å². The minimum atomic E-state index is -0.150. The van der Waals surface area contributed by atoms with Gasteiger partial charge in [0.1, 0.15) is 5.75 Å². The van der Waals surface area contributed by atoms with Gasteiger partial charge in [0.2, 0.25) is 5.88 Å². The fourth-order valence-electron chi connectivity index (χ4n) is 2.00. The Kier molecular flexibility index (Phi) is 5.11. The number of hydrogen-bond acceptors (Lipinski definition) is 5. The van der Waals surface area contributed by atoms with Gasteiger partial charge in [0.05, 0.1) is 19.4 Å². The molecule has 5 nitrogen and oxygen atoms in total. The summed E-state index contributed by atoms with van der Waals surface area (Å²) in [6, 6.07) is 5.59. The van der Waals surface area contributed by atoms with Crippen molar-refractivity contribution in [2.75, 3.05) is 7.11 Å². The molecule has 5 heteroatoms. The van der Waals surface area contributed by atoms with E-state index in [2.05, 4.69) is 9.97 Å². The molecule has 2 heterocycles. The fourth-order valence-corrected chi connectivity index (χ4v) is 2.00. The van der Waals surface area contributed by atoms with Crippen LogP contribution in [0.25, 0.3) is 0 Å². The molecule has 2 N–H and O–H groups in total. The molecule has 0 bridgehead atoms. The van der Waals surface area contributed by atoms with E-state index in [1.165, 1.54) is 0 Å². The standard InChI is InChI=1S/C16H21N3O2/c1-11(2)21-14-7-13(9-18-10-14)15(17)6-12-4-5-16(20-3)19-8-12/h4-5,7-11,15H,6,17H2,1-3H3. The molecule has 0 aliphatic heterocycles. The van der Waals surface area contributed by atoms with Crippen LogP contribution in [-0.4, -0.2) is 23.2 Å². The maximum atomic E-state index is 6.24. The van der Waals surface area contributed by atoms with Crippen LogP contribution in [-0.2, 0) is 6.42 Å². The van der Waals surface area contributed by atoms with Gasteiger partial charge in [-0.1, -0.05) is 6.07 Å². The van der Waals surface area contributed by atoms with Crippen molar-refractivity contribution in [3.05, 3.63) is 47.9 Å². The van der Waals surface area contributed by atoms with Crippen LogP contribution in [0.3, 0.4) is 0 Å². The molecule has 112 valence electrons. The predicted octanol–water partition coefficient (Wildman–Crippen LogP) is 2.51. The summed E-state index contributed by atoms with van der Waals surface area (Å²) < 4.78 is 10.7. The lowest BCUT2D eigenvalue weighted by Gasteiger charge is -2.14. The van der Waals surface area contributed by atoms with E-state index in [0.717, 1.165) is 16.9 Å². The first-order chi connectivity index (χ1) is 10.1.